The fraction of sp³-hybridized carbons (Fsp3) is 0.600. The number of likely N-dealkylation sites (tertiary alicyclic amines) is 1. The van der Waals surface area contributed by atoms with Crippen LogP contribution < -0.4 is 0 Å². The van der Waals surface area contributed by atoms with Crippen LogP contribution in [0.3, 0.4) is 0 Å². The van der Waals surface area contributed by atoms with Gasteiger partial charge in [-0.2, -0.15) is 5.10 Å². The van der Waals surface area contributed by atoms with Crippen molar-refractivity contribution in [2.24, 2.45) is 13.0 Å². The van der Waals surface area contributed by atoms with E-state index in [4.69, 9.17) is 4.42 Å². The monoisotopic (exact) mass is 341 g/mol. The molecule has 1 aliphatic carbocycles. The SMILES string of the molecule is CCc1ccc([C@@H]2CCCCCN2C(=O)[C@H]2C[C@@H]2c2cnn(C)c2)o1. The molecule has 5 heteroatoms. The standard InChI is InChI=1S/C20H27N3O2/c1-3-15-8-9-19(25-15)18-7-5-4-6-10-23(18)20(24)17-11-16(17)14-12-21-22(2)13-14/h8-9,12-13,16-18H,3-7,10-11H2,1-2H3/t16-,17+,18+/m1/s1. The van der Waals surface area contributed by atoms with Gasteiger partial charge in [-0.15, -0.1) is 0 Å². The van der Waals surface area contributed by atoms with Crippen molar-refractivity contribution in [3.05, 3.63) is 41.6 Å². The number of carbonyl (C=O) groups excluding carboxylic acids is 1. The Kier molecular flexibility index (Phi) is 4.40. The normalized spacial score (nSPS) is 26.5. The van der Waals surface area contributed by atoms with Crippen molar-refractivity contribution in [2.75, 3.05) is 6.54 Å². The molecule has 0 unspecified atom stereocenters. The molecule has 0 radical (unpaired) electrons. The van der Waals surface area contributed by atoms with E-state index < -0.39 is 0 Å². The summed E-state index contributed by atoms with van der Waals surface area (Å²) in [6, 6.07) is 4.23. The number of aromatic nitrogens is 2. The third kappa shape index (κ3) is 3.24. The lowest BCUT2D eigenvalue weighted by atomic mass is 10.1. The maximum absolute atomic E-state index is 13.2. The first-order chi connectivity index (χ1) is 12.2. The molecule has 5 nitrogen and oxygen atoms in total. The minimum absolute atomic E-state index is 0.102. The van der Waals surface area contributed by atoms with E-state index in [1.165, 1.54) is 12.0 Å². The van der Waals surface area contributed by atoms with Gasteiger partial charge in [0.25, 0.3) is 0 Å². The molecule has 134 valence electrons. The van der Waals surface area contributed by atoms with Crippen molar-refractivity contribution in [3.8, 4) is 0 Å². The Hall–Kier alpha value is -2.04. The van der Waals surface area contributed by atoms with E-state index in [1.54, 1.807) is 0 Å². The molecule has 0 bridgehead atoms. The van der Waals surface area contributed by atoms with Crippen LogP contribution >= 0.6 is 0 Å². The number of hydrogen-bond acceptors (Lipinski definition) is 3. The molecule has 4 rings (SSSR count). The summed E-state index contributed by atoms with van der Waals surface area (Å²) in [5.74, 6) is 2.73. The first-order valence-electron chi connectivity index (χ1n) is 9.55. The van der Waals surface area contributed by atoms with E-state index in [0.717, 1.165) is 50.2 Å². The summed E-state index contributed by atoms with van der Waals surface area (Å²) in [6.45, 7) is 2.95. The topological polar surface area (TPSA) is 51.3 Å². The highest BCUT2D eigenvalue weighted by atomic mass is 16.3. The van der Waals surface area contributed by atoms with E-state index in [0.29, 0.717) is 11.8 Å². The molecule has 2 fully saturated rings. The molecule has 0 N–H and O–H groups in total. The minimum atomic E-state index is 0.102. The third-order valence-electron chi connectivity index (χ3n) is 5.66. The smallest absolute Gasteiger partial charge is 0.226 e. The summed E-state index contributed by atoms with van der Waals surface area (Å²) in [5.41, 5.74) is 1.19. The Balaban J connectivity index is 1.52. The number of carbonyl (C=O) groups is 1. The molecular weight excluding hydrogens is 314 g/mol. The lowest BCUT2D eigenvalue weighted by Crippen LogP contribution is -2.36. The van der Waals surface area contributed by atoms with Crippen molar-refractivity contribution in [2.45, 2.75) is 57.4 Å². The summed E-state index contributed by atoms with van der Waals surface area (Å²) in [5, 5.41) is 4.25. The third-order valence-corrected chi connectivity index (χ3v) is 5.66. The number of nitrogens with zero attached hydrogens (tertiary/aromatic N) is 3. The molecule has 3 heterocycles. The fourth-order valence-corrected chi connectivity index (χ4v) is 4.11. The molecule has 3 atom stereocenters. The largest absolute Gasteiger partial charge is 0.464 e. The predicted octanol–water partition coefficient (Wildman–Crippen LogP) is 3.82. The van der Waals surface area contributed by atoms with Crippen LogP contribution in [0.25, 0.3) is 0 Å². The second kappa shape index (κ2) is 6.70. The molecule has 2 aromatic heterocycles. The molecule has 0 spiro atoms. The van der Waals surface area contributed by atoms with Crippen molar-refractivity contribution in [1.29, 1.82) is 0 Å². The fourth-order valence-electron chi connectivity index (χ4n) is 4.11. The summed E-state index contributed by atoms with van der Waals surface area (Å²) in [6.07, 6.45) is 10.2. The van der Waals surface area contributed by atoms with Gasteiger partial charge in [0.05, 0.1) is 12.2 Å². The molecule has 1 saturated carbocycles. The number of amides is 1. The summed E-state index contributed by atoms with van der Waals surface area (Å²) < 4.78 is 7.83. The summed E-state index contributed by atoms with van der Waals surface area (Å²) in [7, 11) is 1.93. The van der Waals surface area contributed by atoms with Crippen molar-refractivity contribution in [1.82, 2.24) is 14.7 Å². The van der Waals surface area contributed by atoms with Gasteiger partial charge in [0.2, 0.25) is 5.91 Å². The van der Waals surface area contributed by atoms with E-state index in [2.05, 4.69) is 29.1 Å². The lowest BCUT2D eigenvalue weighted by molar-refractivity contribution is -0.135. The van der Waals surface area contributed by atoms with Crippen LogP contribution in [0.1, 0.15) is 68.1 Å². The van der Waals surface area contributed by atoms with Crippen LogP contribution in [0.4, 0.5) is 0 Å². The van der Waals surface area contributed by atoms with Crippen LogP contribution in [0.2, 0.25) is 0 Å². The van der Waals surface area contributed by atoms with E-state index in [1.807, 2.05) is 24.1 Å². The van der Waals surface area contributed by atoms with Crippen LogP contribution in [0.5, 0.6) is 0 Å². The van der Waals surface area contributed by atoms with Gasteiger partial charge >= 0.3 is 0 Å². The van der Waals surface area contributed by atoms with Gasteiger partial charge in [0, 0.05) is 32.1 Å². The van der Waals surface area contributed by atoms with E-state index in [-0.39, 0.29) is 12.0 Å². The van der Waals surface area contributed by atoms with E-state index >= 15 is 0 Å². The first kappa shape index (κ1) is 16.4. The zero-order valence-electron chi connectivity index (χ0n) is 15.1. The van der Waals surface area contributed by atoms with Crippen LogP contribution in [0, 0.1) is 5.92 Å². The summed E-state index contributed by atoms with van der Waals surface area (Å²) in [4.78, 5) is 15.3. The van der Waals surface area contributed by atoms with Crippen molar-refractivity contribution < 1.29 is 9.21 Å². The van der Waals surface area contributed by atoms with Crippen LogP contribution in [-0.4, -0.2) is 27.1 Å². The molecular formula is C20H27N3O2. The average Bonchev–Trinajstić information content (AvgIpc) is 3.18. The van der Waals surface area contributed by atoms with Gasteiger partial charge < -0.3 is 9.32 Å². The number of hydrogen-bond donors (Lipinski definition) is 0. The molecule has 2 aliphatic rings. The van der Waals surface area contributed by atoms with Crippen LogP contribution in [0.15, 0.2) is 28.9 Å². The number of aryl methyl sites for hydroxylation is 2. The second-order valence-corrected chi connectivity index (χ2v) is 7.45. The Labute approximate surface area is 149 Å². The van der Waals surface area contributed by atoms with E-state index in [9.17, 15) is 4.79 Å². The highest BCUT2D eigenvalue weighted by Gasteiger charge is 2.47. The lowest BCUT2D eigenvalue weighted by Gasteiger charge is -2.29. The average molecular weight is 341 g/mol. The quantitative estimate of drug-likeness (QED) is 0.849. The molecule has 0 aromatic carbocycles. The Morgan fingerprint density at radius 2 is 2.20 bits per heavy atom. The molecule has 2 aromatic rings. The van der Waals surface area contributed by atoms with Gasteiger partial charge in [-0.1, -0.05) is 19.8 Å². The Morgan fingerprint density at radius 3 is 2.92 bits per heavy atom. The zero-order valence-corrected chi connectivity index (χ0v) is 15.1. The van der Waals surface area contributed by atoms with Gasteiger partial charge in [0.1, 0.15) is 11.5 Å². The maximum Gasteiger partial charge on any atom is 0.226 e. The predicted molar refractivity (Wildman–Crippen MR) is 95.1 cm³/mol. The highest BCUT2D eigenvalue weighted by molar-refractivity contribution is 5.83. The zero-order chi connectivity index (χ0) is 17.4. The van der Waals surface area contributed by atoms with Gasteiger partial charge in [-0.05, 0) is 42.9 Å². The molecule has 25 heavy (non-hydrogen) atoms. The van der Waals surface area contributed by atoms with Crippen molar-refractivity contribution >= 4 is 5.91 Å². The molecule has 1 saturated heterocycles. The Bertz CT molecular complexity index is 748. The van der Waals surface area contributed by atoms with Crippen LogP contribution in [-0.2, 0) is 18.3 Å². The molecule has 1 aliphatic heterocycles. The van der Waals surface area contributed by atoms with Gasteiger partial charge in [-0.3, -0.25) is 9.48 Å². The minimum Gasteiger partial charge on any atom is -0.464 e. The molecule has 1 amide bonds. The van der Waals surface area contributed by atoms with Crippen molar-refractivity contribution in [3.63, 3.8) is 0 Å². The summed E-state index contributed by atoms with van der Waals surface area (Å²) >= 11 is 0. The highest BCUT2D eigenvalue weighted by Crippen LogP contribution is 2.49. The first-order valence-corrected chi connectivity index (χ1v) is 9.55. The Morgan fingerprint density at radius 1 is 1.32 bits per heavy atom. The van der Waals surface area contributed by atoms with Gasteiger partial charge in [0.15, 0.2) is 0 Å². The van der Waals surface area contributed by atoms with Gasteiger partial charge in [-0.25, -0.2) is 0 Å². The maximum atomic E-state index is 13.2. The number of furan rings is 1. The number of rotatable bonds is 4. The second-order valence-electron chi connectivity index (χ2n) is 7.45.